The Labute approximate surface area is 104 Å². The number of nitrogens with zero attached hydrogens (tertiary/aromatic N) is 5. The van der Waals surface area contributed by atoms with Gasteiger partial charge in [0.1, 0.15) is 0 Å². The molecule has 0 radical (unpaired) electrons. The normalized spacial score (nSPS) is 10.8. The van der Waals surface area contributed by atoms with Crippen LogP contribution in [0.3, 0.4) is 0 Å². The van der Waals surface area contributed by atoms with Gasteiger partial charge in [0.15, 0.2) is 0 Å². The van der Waals surface area contributed by atoms with E-state index in [2.05, 4.69) is 20.5 Å². The minimum atomic E-state index is 0.713. The maximum atomic E-state index is 5.97. The van der Waals surface area contributed by atoms with Crippen molar-refractivity contribution in [2.75, 3.05) is 5.73 Å². The summed E-state index contributed by atoms with van der Waals surface area (Å²) in [5.74, 6) is 0.713. The largest absolute Gasteiger partial charge is 0.398 e. The van der Waals surface area contributed by atoms with Crippen molar-refractivity contribution in [1.82, 2.24) is 25.2 Å². The minimum Gasteiger partial charge on any atom is -0.398 e. The lowest BCUT2D eigenvalue weighted by Gasteiger charge is -2.08. The standard InChI is InChI=1S/C10H14N6S/c1-6-4-12-8(7(2)9(6)11)5-17-10-13-14-15-16(10)3/h4H,5H2,1-3H3,(H2,11,12). The number of pyridine rings is 1. The zero-order chi connectivity index (χ0) is 12.4. The SMILES string of the molecule is Cc1cnc(CSc2nnnn2C)c(C)c1N. The summed E-state index contributed by atoms with van der Waals surface area (Å²) in [6, 6.07) is 0. The highest BCUT2D eigenvalue weighted by Crippen LogP contribution is 2.24. The molecule has 0 amide bonds. The first-order valence-corrected chi connectivity index (χ1v) is 6.14. The fourth-order valence-corrected chi connectivity index (χ4v) is 2.29. The number of aromatic nitrogens is 5. The van der Waals surface area contributed by atoms with E-state index in [4.69, 9.17) is 5.73 Å². The number of thioether (sulfide) groups is 1. The molecule has 2 heterocycles. The molecule has 0 saturated heterocycles. The van der Waals surface area contributed by atoms with Crippen LogP contribution in [0.4, 0.5) is 5.69 Å². The average Bonchev–Trinajstić information content (AvgIpc) is 2.71. The molecule has 0 aliphatic rings. The van der Waals surface area contributed by atoms with Crippen LogP contribution >= 0.6 is 11.8 Å². The van der Waals surface area contributed by atoms with Crippen LogP contribution in [-0.4, -0.2) is 25.2 Å². The number of hydrogen-bond donors (Lipinski definition) is 1. The van der Waals surface area contributed by atoms with Gasteiger partial charge in [0, 0.05) is 24.7 Å². The van der Waals surface area contributed by atoms with Gasteiger partial charge in [0.05, 0.1) is 5.69 Å². The predicted octanol–water partition coefficient (Wildman–Crippen LogP) is 1.10. The topological polar surface area (TPSA) is 82.5 Å². The van der Waals surface area contributed by atoms with Crippen molar-refractivity contribution < 1.29 is 0 Å². The maximum absolute atomic E-state index is 5.97. The minimum absolute atomic E-state index is 0.713. The van der Waals surface area contributed by atoms with E-state index < -0.39 is 0 Å². The van der Waals surface area contributed by atoms with E-state index in [0.717, 1.165) is 27.7 Å². The summed E-state index contributed by atoms with van der Waals surface area (Å²) < 4.78 is 1.64. The molecule has 7 heteroatoms. The molecule has 90 valence electrons. The third kappa shape index (κ3) is 2.38. The van der Waals surface area contributed by atoms with Gasteiger partial charge in [-0.25, -0.2) is 4.68 Å². The number of aryl methyl sites for hydroxylation is 2. The second kappa shape index (κ2) is 4.70. The van der Waals surface area contributed by atoms with Crippen molar-refractivity contribution in [2.24, 2.45) is 7.05 Å². The molecular weight excluding hydrogens is 236 g/mol. The summed E-state index contributed by atoms with van der Waals surface area (Å²) in [5, 5.41) is 12.0. The summed E-state index contributed by atoms with van der Waals surface area (Å²) in [7, 11) is 1.81. The third-order valence-electron chi connectivity index (χ3n) is 2.60. The number of nitrogens with two attached hydrogens (primary N) is 1. The smallest absolute Gasteiger partial charge is 0.209 e. The zero-order valence-corrected chi connectivity index (χ0v) is 10.8. The van der Waals surface area contributed by atoms with Crippen LogP contribution in [0.15, 0.2) is 11.4 Å². The molecule has 0 saturated carbocycles. The molecule has 0 aliphatic carbocycles. The molecule has 6 nitrogen and oxygen atoms in total. The summed E-state index contributed by atoms with van der Waals surface area (Å²) in [5.41, 5.74) is 9.80. The molecule has 17 heavy (non-hydrogen) atoms. The molecule has 0 aliphatic heterocycles. The number of rotatable bonds is 3. The van der Waals surface area contributed by atoms with Gasteiger partial charge in [-0.2, -0.15) is 0 Å². The molecule has 0 aromatic carbocycles. The lowest BCUT2D eigenvalue weighted by molar-refractivity contribution is 0.664. The number of hydrogen-bond acceptors (Lipinski definition) is 6. The van der Waals surface area contributed by atoms with Crippen molar-refractivity contribution in [3.8, 4) is 0 Å². The van der Waals surface area contributed by atoms with Gasteiger partial charge in [-0.3, -0.25) is 4.98 Å². The molecular formula is C10H14N6S. The van der Waals surface area contributed by atoms with Crippen molar-refractivity contribution in [3.63, 3.8) is 0 Å². The van der Waals surface area contributed by atoms with Gasteiger partial charge in [-0.15, -0.1) is 5.10 Å². The molecule has 0 fully saturated rings. The van der Waals surface area contributed by atoms with Crippen LogP contribution < -0.4 is 5.73 Å². The summed E-state index contributed by atoms with van der Waals surface area (Å²) in [6.45, 7) is 3.94. The van der Waals surface area contributed by atoms with Gasteiger partial charge >= 0.3 is 0 Å². The van der Waals surface area contributed by atoms with Crippen molar-refractivity contribution >= 4 is 17.4 Å². The maximum Gasteiger partial charge on any atom is 0.209 e. The molecule has 0 bridgehead atoms. The first kappa shape index (κ1) is 11.8. The highest BCUT2D eigenvalue weighted by molar-refractivity contribution is 7.98. The van der Waals surface area contributed by atoms with Crippen LogP contribution in [0.25, 0.3) is 0 Å². The Morgan fingerprint density at radius 2 is 2.18 bits per heavy atom. The fraction of sp³-hybridized carbons (Fsp3) is 0.400. The highest BCUT2D eigenvalue weighted by Gasteiger charge is 2.09. The van der Waals surface area contributed by atoms with E-state index in [1.165, 1.54) is 0 Å². The van der Waals surface area contributed by atoms with Gasteiger partial charge in [-0.1, -0.05) is 11.8 Å². The van der Waals surface area contributed by atoms with Gasteiger partial charge in [0.25, 0.3) is 0 Å². The van der Waals surface area contributed by atoms with Gasteiger partial charge in [0.2, 0.25) is 5.16 Å². The molecule has 2 rings (SSSR count). The Bertz CT molecular complexity index is 536. The molecule has 2 N–H and O–H groups in total. The van der Waals surface area contributed by atoms with Crippen LogP contribution in [0, 0.1) is 13.8 Å². The summed E-state index contributed by atoms with van der Waals surface area (Å²) >= 11 is 1.54. The van der Waals surface area contributed by atoms with Crippen LogP contribution in [0.5, 0.6) is 0 Å². The van der Waals surface area contributed by atoms with Crippen LogP contribution in [-0.2, 0) is 12.8 Å². The van der Waals surface area contributed by atoms with Gasteiger partial charge in [-0.05, 0) is 35.4 Å². The van der Waals surface area contributed by atoms with E-state index in [0.29, 0.717) is 5.75 Å². The molecule has 0 atom stereocenters. The van der Waals surface area contributed by atoms with Crippen molar-refractivity contribution in [2.45, 2.75) is 24.8 Å². The lowest BCUT2D eigenvalue weighted by atomic mass is 10.1. The Kier molecular flexibility index (Phi) is 3.28. The summed E-state index contributed by atoms with van der Waals surface area (Å²) in [6.07, 6.45) is 1.80. The second-order valence-corrected chi connectivity index (χ2v) is 4.74. The second-order valence-electron chi connectivity index (χ2n) is 3.80. The van der Waals surface area contributed by atoms with E-state index in [-0.39, 0.29) is 0 Å². The van der Waals surface area contributed by atoms with Crippen molar-refractivity contribution in [3.05, 3.63) is 23.0 Å². The Morgan fingerprint density at radius 3 is 2.82 bits per heavy atom. The molecule has 0 unspecified atom stereocenters. The fourth-order valence-electron chi connectivity index (χ4n) is 1.41. The number of nitrogen functional groups attached to an aromatic ring is 1. The van der Waals surface area contributed by atoms with E-state index in [1.807, 2.05) is 20.9 Å². The first-order chi connectivity index (χ1) is 8.09. The van der Waals surface area contributed by atoms with Crippen LogP contribution in [0.2, 0.25) is 0 Å². The van der Waals surface area contributed by atoms with E-state index >= 15 is 0 Å². The van der Waals surface area contributed by atoms with Crippen LogP contribution in [0.1, 0.15) is 16.8 Å². The average molecular weight is 250 g/mol. The zero-order valence-electron chi connectivity index (χ0n) is 10.0. The predicted molar refractivity (Wildman–Crippen MR) is 66.5 cm³/mol. The molecule has 0 spiro atoms. The molecule has 2 aromatic rings. The Morgan fingerprint density at radius 1 is 1.41 bits per heavy atom. The highest BCUT2D eigenvalue weighted by atomic mass is 32.2. The first-order valence-electron chi connectivity index (χ1n) is 5.15. The Hall–Kier alpha value is -1.63. The van der Waals surface area contributed by atoms with Crippen molar-refractivity contribution in [1.29, 1.82) is 0 Å². The molecule has 2 aromatic heterocycles. The quantitative estimate of drug-likeness (QED) is 0.821. The lowest BCUT2D eigenvalue weighted by Crippen LogP contribution is -2.01. The van der Waals surface area contributed by atoms with E-state index in [1.54, 1.807) is 22.6 Å². The van der Waals surface area contributed by atoms with E-state index in [9.17, 15) is 0 Å². The Balaban J connectivity index is 2.15. The third-order valence-corrected chi connectivity index (χ3v) is 3.62. The number of tetrazole rings is 1. The van der Waals surface area contributed by atoms with Gasteiger partial charge < -0.3 is 5.73 Å². The monoisotopic (exact) mass is 250 g/mol. The number of anilines is 1. The summed E-state index contributed by atoms with van der Waals surface area (Å²) in [4.78, 5) is 4.39.